The predicted molar refractivity (Wildman–Crippen MR) is 73.6 cm³/mol. The van der Waals surface area contributed by atoms with Crippen LogP contribution in [0.3, 0.4) is 0 Å². The van der Waals surface area contributed by atoms with Crippen LogP contribution >= 0.6 is 0 Å². The summed E-state index contributed by atoms with van der Waals surface area (Å²) in [5.74, 6) is -6.10. The van der Waals surface area contributed by atoms with Gasteiger partial charge in [-0.25, -0.2) is 0 Å². The predicted octanol–water partition coefficient (Wildman–Crippen LogP) is 5.22. The lowest BCUT2D eigenvalue weighted by molar-refractivity contribution is -0.295. The van der Waals surface area contributed by atoms with Gasteiger partial charge in [0.2, 0.25) is 0 Å². The Morgan fingerprint density at radius 3 is 1.55 bits per heavy atom. The molecule has 0 fully saturated rings. The summed E-state index contributed by atoms with van der Waals surface area (Å²) in [6.07, 6.45) is -5.45. The van der Waals surface area contributed by atoms with Crippen LogP contribution in [0.1, 0.15) is 54.9 Å². The molecule has 0 amide bonds. The van der Waals surface area contributed by atoms with Crippen molar-refractivity contribution >= 4 is 5.97 Å². The maximum absolute atomic E-state index is 12.9. The summed E-state index contributed by atoms with van der Waals surface area (Å²) in [5, 5.41) is 0. The minimum Gasteiger partial charge on any atom is -0.458 e. The van der Waals surface area contributed by atoms with Crippen molar-refractivity contribution < 1.29 is 31.5 Å². The lowest BCUT2D eigenvalue weighted by Crippen LogP contribution is -2.47. The minimum absolute atomic E-state index is 0.292. The molecule has 0 aliphatic carbocycles. The van der Waals surface area contributed by atoms with Crippen molar-refractivity contribution in [1.29, 1.82) is 0 Å². The number of carbonyl (C=O) groups excluding carboxylic acids is 1. The van der Waals surface area contributed by atoms with Gasteiger partial charge in [0.05, 0.1) is 5.41 Å². The average Bonchev–Trinajstić information content (AvgIpc) is 2.20. The molecular weight excluding hydrogens is 307 g/mol. The van der Waals surface area contributed by atoms with Crippen LogP contribution in [0.25, 0.3) is 0 Å². The maximum atomic E-state index is 12.9. The zero-order valence-electron chi connectivity index (χ0n) is 14.1. The van der Waals surface area contributed by atoms with E-state index in [1.807, 2.05) is 20.8 Å². The molecule has 7 heteroatoms. The molecule has 22 heavy (non-hydrogen) atoms. The van der Waals surface area contributed by atoms with E-state index in [4.69, 9.17) is 0 Å². The van der Waals surface area contributed by atoms with Crippen molar-refractivity contribution in [3.05, 3.63) is 0 Å². The first-order valence-electron chi connectivity index (χ1n) is 6.95. The van der Waals surface area contributed by atoms with Crippen LogP contribution in [0.4, 0.5) is 22.0 Å². The summed E-state index contributed by atoms with van der Waals surface area (Å²) >= 11 is 0. The summed E-state index contributed by atoms with van der Waals surface area (Å²) in [7, 11) is 0. The summed E-state index contributed by atoms with van der Waals surface area (Å²) in [4.78, 5) is 12.2. The van der Waals surface area contributed by atoms with Crippen molar-refractivity contribution in [3.8, 4) is 0 Å². The SMILES string of the molecule is CC(C)(C)CC(C)(C(=O)OCC(F)(F)C(F)(F)F)C(C)(C)C. The van der Waals surface area contributed by atoms with Gasteiger partial charge in [0.15, 0.2) is 6.61 Å². The fourth-order valence-corrected chi connectivity index (χ4v) is 2.10. The topological polar surface area (TPSA) is 26.3 Å². The molecule has 0 aliphatic heterocycles. The van der Waals surface area contributed by atoms with E-state index in [1.54, 1.807) is 20.8 Å². The standard InChI is InChI=1S/C15H25F5O2/c1-11(2,3)8-13(7,12(4,5)6)10(21)22-9-14(16,17)15(18,19)20/h8-9H2,1-7H3. The lowest BCUT2D eigenvalue weighted by Gasteiger charge is -2.43. The van der Waals surface area contributed by atoms with Gasteiger partial charge in [0, 0.05) is 0 Å². The molecule has 0 saturated heterocycles. The number of alkyl halides is 5. The van der Waals surface area contributed by atoms with E-state index in [2.05, 4.69) is 4.74 Å². The number of esters is 1. The van der Waals surface area contributed by atoms with Crippen LogP contribution in [0, 0.1) is 16.2 Å². The Bertz CT molecular complexity index is 402. The number of hydrogen-bond donors (Lipinski definition) is 0. The molecular formula is C15H25F5O2. The Kier molecular flexibility index (Phi) is 5.72. The smallest absolute Gasteiger partial charge is 0.456 e. The zero-order valence-corrected chi connectivity index (χ0v) is 14.1. The van der Waals surface area contributed by atoms with Crippen molar-refractivity contribution in [2.24, 2.45) is 16.2 Å². The van der Waals surface area contributed by atoms with Gasteiger partial charge >= 0.3 is 18.1 Å². The van der Waals surface area contributed by atoms with Gasteiger partial charge in [0.25, 0.3) is 0 Å². The summed E-state index contributed by atoms with van der Waals surface area (Å²) in [5.41, 5.74) is -2.18. The first-order valence-corrected chi connectivity index (χ1v) is 6.95. The van der Waals surface area contributed by atoms with Gasteiger partial charge in [-0.3, -0.25) is 4.79 Å². The highest BCUT2D eigenvalue weighted by atomic mass is 19.4. The van der Waals surface area contributed by atoms with Crippen LogP contribution in [0.5, 0.6) is 0 Å². The van der Waals surface area contributed by atoms with Gasteiger partial charge in [0.1, 0.15) is 0 Å². The Hall–Kier alpha value is -0.880. The number of carbonyl (C=O) groups is 1. The molecule has 0 rings (SSSR count). The maximum Gasteiger partial charge on any atom is 0.456 e. The van der Waals surface area contributed by atoms with Crippen LogP contribution in [-0.2, 0) is 9.53 Å². The van der Waals surface area contributed by atoms with E-state index in [0.717, 1.165) is 0 Å². The average molecular weight is 332 g/mol. The highest BCUT2D eigenvalue weighted by molar-refractivity contribution is 5.77. The van der Waals surface area contributed by atoms with E-state index >= 15 is 0 Å². The van der Waals surface area contributed by atoms with Gasteiger partial charge in [-0.1, -0.05) is 41.5 Å². The second-order valence-corrected chi connectivity index (χ2v) is 8.10. The summed E-state index contributed by atoms with van der Waals surface area (Å²) in [6.45, 7) is 10.3. The normalized spacial score (nSPS) is 17.1. The Balaban J connectivity index is 5.27. The summed E-state index contributed by atoms with van der Waals surface area (Å²) in [6, 6.07) is 0. The Morgan fingerprint density at radius 1 is 0.864 bits per heavy atom. The highest BCUT2D eigenvalue weighted by Crippen LogP contribution is 2.47. The first-order chi connectivity index (χ1) is 9.33. The molecule has 132 valence electrons. The Morgan fingerprint density at radius 2 is 1.27 bits per heavy atom. The van der Waals surface area contributed by atoms with Crippen molar-refractivity contribution in [3.63, 3.8) is 0 Å². The molecule has 1 unspecified atom stereocenters. The second kappa shape index (κ2) is 5.96. The molecule has 1 atom stereocenters. The first kappa shape index (κ1) is 21.1. The van der Waals surface area contributed by atoms with Crippen molar-refractivity contribution in [2.45, 2.75) is 67.0 Å². The molecule has 0 aliphatic rings. The lowest BCUT2D eigenvalue weighted by atomic mass is 9.61. The van der Waals surface area contributed by atoms with E-state index in [1.165, 1.54) is 6.92 Å². The molecule has 0 N–H and O–H groups in total. The van der Waals surface area contributed by atoms with E-state index in [0.29, 0.717) is 6.42 Å². The number of rotatable bonds is 4. The fraction of sp³-hybridized carbons (Fsp3) is 0.933. The van der Waals surface area contributed by atoms with E-state index < -0.39 is 35.5 Å². The van der Waals surface area contributed by atoms with E-state index in [-0.39, 0.29) is 5.41 Å². The van der Waals surface area contributed by atoms with Gasteiger partial charge in [-0.15, -0.1) is 0 Å². The minimum atomic E-state index is -5.74. The summed E-state index contributed by atoms with van der Waals surface area (Å²) < 4.78 is 66.6. The monoisotopic (exact) mass is 332 g/mol. The zero-order chi connectivity index (χ0) is 18.2. The third kappa shape index (κ3) is 5.09. The van der Waals surface area contributed by atoms with Crippen LogP contribution in [0.2, 0.25) is 0 Å². The van der Waals surface area contributed by atoms with Crippen LogP contribution < -0.4 is 0 Å². The third-order valence-electron chi connectivity index (χ3n) is 3.79. The van der Waals surface area contributed by atoms with Crippen LogP contribution in [0.15, 0.2) is 0 Å². The van der Waals surface area contributed by atoms with Crippen molar-refractivity contribution in [2.75, 3.05) is 6.61 Å². The number of hydrogen-bond acceptors (Lipinski definition) is 2. The largest absolute Gasteiger partial charge is 0.458 e. The fourth-order valence-electron chi connectivity index (χ4n) is 2.10. The molecule has 0 heterocycles. The van der Waals surface area contributed by atoms with Crippen LogP contribution in [-0.4, -0.2) is 24.7 Å². The van der Waals surface area contributed by atoms with Gasteiger partial charge in [-0.2, -0.15) is 22.0 Å². The number of halogens is 5. The Labute approximate surface area is 128 Å². The van der Waals surface area contributed by atoms with E-state index in [9.17, 15) is 26.7 Å². The molecule has 2 nitrogen and oxygen atoms in total. The quantitative estimate of drug-likeness (QED) is 0.521. The van der Waals surface area contributed by atoms with Gasteiger partial charge < -0.3 is 4.74 Å². The molecule has 0 bridgehead atoms. The molecule has 0 aromatic heterocycles. The molecule has 0 saturated carbocycles. The second-order valence-electron chi connectivity index (χ2n) is 8.10. The molecule has 0 aromatic rings. The molecule has 0 aromatic carbocycles. The van der Waals surface area contributed by atoms with Crippen molar-refractivity contribution in [1.82, 2.24) is 0 Å². The third-order valence-corrected chi connectivity index (χ3v) is 3.79. The molecule has 0 spiro atoms. The number of ether oxygens (including phenoxy) is 1. The highest BCUT2D eigenvalue weighted by Gasteiger charge is 2.59. The molecule has 0 radical (unpaired) electrons. The van der Waals surface area contributed by atoms with Gasteiger partial charge in [-0.05, 0) is 24.2 Å².